The van der Waals surface area contributed by atoms with E-state index in [9.17, 15) is 9.59 Å². The van der Waals surface area contributed by atoms with Crippen molar-refractivity contribution >= 4 is 11.9 Å². The van der Waals surface area contributed by atoms with E-state index in [4.69, 9.17) is 9.47 Å². The molecule has 4 nitrogen and oxygen atoms in total. The highest BCUT2D eigenvalue weighted by Gasteiger charge is 2.38. The molecule has 0 spiro atoms. The van der Waals surface area contributed by atoms with Crippen LogP contribution in [0.3, 0.4) is 0 Å². The van der Waals surface area contributed by atoms with Crippen LogP contribution in [0.15, 0.2) is 158 Å². The lowest BCUT2D eigenvalue weighted by Crippen LogP contribution is -2.31. The Morgan fingerprint density at radius 1 is 0.467 bits per heavy atom. The van der Waals surface area contributed by atoms with Gasteiger partial charge in [-0.1, -0.05) is 127 Å². The number of carbonyl (C=O) groups excluding carboxylic acids is 2. The molecule has 0 amide bonds. The molecule has 220 valence electrons. The third-order valence-corrected chi connectivity index (χ3v) is 8.16. The fraction of sp³-hybridized carbons (Fsp3) is 0.0732. The van der Waals surface area contributed by atoms with E-state index < -0.39 is 11.4 Å². The summed E-state index contributed by atoms with van der Waals surface area (Å²) >= 11 is 0. The molecule has 6 aromatic carbocycles. The minimum Gasteiger partial charge on any atom is -0.465 e. The monoisotopic (exact) mass is 588 g/mol. The van der Waals surface area contributed by atoms with E-state index in [2.05, 4.69) is 79.7 Å². The Balaban J connectivity index is 1.29. The summed E-state index contributed by atoms with van der Waals surface area (Å²) in [4.78, 5) is 24.9. The number of methoxy groups -OCH3 is 1. The zero-order chi connectivity index (χ0) is 31.2. The van der Waals surface area contributed by atoms with Crippen molar-refractivity contribution in [3.8, 4) is 16.9 Å². The fourth-order valence-electron chi connectivity index (χ4n) is 5.83. The lowest BCUT2D eigenvalue weighted by molar-refractivity contribution is 0.0600. The summed E-state index contributed by atoms with van der Waals surface area (Å²) in [5.41, 5.74) is 7.88. The minimum atomic E-state index is -0.580. The minimum absolute atomic E-state index is 0.381. The average Bonchev–Trinajstić information content (AvgIpc) is 3.11. The molecular formula is C41H32O4. The van der Waals surface area contributed by atoms with Crippen LogP contribution in [0, 0.1) is 6.92 Å². The molecule has 0 aliphatic rings. The van der Waals surface area contributed by atoms with Crippen LogP contribution in [0.5, 0.6) is 5.75 Å². The summed E-state index contributed by atoms with van der Waals surface area (Å²) in [5, 5.41) is 0. The zero-order valence-corrected chi connectivity index (χ0v) is 25.1. The highest BCUT2D eigenvalue weighted by Crippen LogP contribution is 2.45. The van der Waals surface area contributed by atoms with Gasteiger partial charge in [0.1, 0.15) is 5.75 Å². The summed E-state index contributed by atoms with van der Waals surface area (Å²) < 4.78 is 10.6. The molecule has 0 aliphatic carbocycles. The van der Waals surface area contributed by atoms with Crippen molar-refractivity contribution in [1.82, 2.24) is 0 Å². The topological polar surface area (TPSA) is 52.6 Å². The standard InChI is InChI=1S/C41H32O4/c1-29-13-23-36(24-14-29)41(34-9-5-3-6-10-34,35-11-7-4-8-12-35)37-25-27-38(28-26-37)45-40(43)33-21-17-31(18-22-33)30-15-19-32(20-16-30)39(42)44-2/h3-28H,1-2H3. The van der Waals surface area contributed by atoms with E-state index in [-0.39, 0.29) is 5.97 Å². The lowest BCUT2D eigenvalue weighted by atomic mass is 9.65. The molecule has 0 aromatic heterocycles. The number of rotatable bonds is 8. The Morgan fingerprint density at radius 2 is 0.867 bits per heavy atom. The second kappa shape index (κ2) is 12.9. The summed E-state index contributed by atoms with van der Waals surface area (Å²) in [6.45, 7) is 2.09. The van der Waals surface area contributed by atoms with Crippen molar-refractivity contribution in [3.63, 3.8) is 0 Å². The molecule has 0 saturated carbocycles. The summed E-state index contributed by atoms with van der Waals surface area (Å²) in [5.74, 6) is -0.356. The number of aryl methyl sites for hydroxylation is 1. The van der Waals surface area contributed by atoms with Gasteiger partial charge >= 0.3 is 11.9 Å². The van der Waals surface area contributed by atoms with Gasteiger partial charge in [-0.3, -0.25) is 0 Å². The molecular weight excluding hydrogens is 556 g/mol. The Labute approximate surface area is 263 Å². The van der Waals surface area contributed by atoms with E-state index >= 15 is 0 Å². The second-order valence-corrected chi connectivity index (χ2v) is 10.9. The Hall–Kier alpha value is -5.74. The molecule has 4 heteroatoms. The highest BCUT2D eigenvalue weighted by molar-refractivity contribution is 5.92. The molecule has 0 fully saturated rings. The average molecular weight is 589 g/mol. The third-order valence-electron chi connectivity index (χ3n) is 8.16. The maximum absolute atomic E-state index is 13.1. The van der Waals surface area contributed by atoms with Crippen molar-refractivity contribution in [2.24, 2.45) is 0 Å². The summed E-state index contributed by atoms with van der Waals surface area (Å²) in [7, 11) is 1.36. The predicted molar refractivity (Wildman–Crippen MR) is 178 cm³/mol. The van der Waals surface area contributed by atoms with Gasteiger partial charge in [0.05, 0.1) is 23.7 Å². The summed E-state index contributed by atoms with van der Waals surface area (Å²) in [6.07, 6.45) is 0. The first-order valence-corrected chi connectivity index (χ1v) is 14.8. The van der Waals surface area contributed by atoms with Gasteiger partial charge in [-0.15, -0.1) is 0 Å². The van der Waals surface area contributed by atoms with E-state index in [1.807, 2.05) is 60.7 Å². The maximum atomic E-state index is 13.1. The van der Waals surface area contributed by atoms with Gasteiger partial charge in [-0.25, -0.2) is 9.59 Å². The zero-order valence-electron chi connectivity index (χ0n) is 25.1. The van der Waals surface area contributed by atoms with Gasteiger partial charge in [-0.05, 0) is 76.7 Å². The van der Waals surface area contributed by atoms with Gasteiger partial charge in [-0.2, -0.15) is 0 Å². The predicted octanol–water partition coefficient (Wildman–Crippen LogP) is 9.05. The Bertz CT molecular complexity index is 1850. The van der Waals surface area contributed by atoms with Crippen LogP contribution in [0.4, 0.5) is 0 Å². The van der Waals surface area contributed by atoms with E-state index in [0.29, 0.717) is 16.9 Å². The number of benzene rings is 6. The molecule has 0 heterocycles. The lowest BCUT2D eigenvalue weighted by Gasteiger charge is -2.37. The number of hydrogen-bond donors (Lipinski definition) is 0. The molecule has 0 radical (unpaired) electrons. The molecule has 45 heavy (non-hydrogen) atoms. The number of hydrogen-bond acceptors (Lipinski definition) is 4. The number of carbonyl (C=O) groups is 2. The number of ether oxygens (including phenoxy) is 2. The van der Waals surface area contributed by atoms with Gasteiger partial charge < -0.3 is 9.47 Å². The van der Waals surface area contributed by atoms with Gasteiger partial charge in [0.25, 0.3) is 0 Å². The quantitative estimate of drug-likeness (QED) is 0.101. The van der Waals surface area contributed by atoms with Crippen LogP contribution in [-0.2, 0) is 10.2 Å². The Kier molecular flexibility index (Phi) is 8.39. The highest BCUT2D eigenvalue weighted by atomic mass is 16.5. The van der Waals surface area contributed by atoms with Crippen LogP contribution in [0.2, 0.25) is 0 Å². The van der Waals surface area contributed by atoms with Crippen LogP contribution in [-0.4, -0.2) is 19.0 Å². The molecule has 6 rings (SSSR count). The van der Waals surface area contributed by atoms with E-state index in [1.165, 1.54) is 12.7 Å². The van der Waals surface area contributed by atoms with Gasteiger partial charge in [0.2, 0.25) is 0 Å². The second-order valence-electron chi connectivity index (χ2n) is 10.9. The molecule has 0 saturated heterocycles. The first kappa shape index (κ1) is 29.3. The SMILES string of the molecule is COC(=O)c1ccc(-c2ccc(C(=O)Oc3ccc(C(c4ccccc4)(c4ccccc4)c4ccc(C)cc4)cc3)cc2)cc1. The Morgan fingerprint density at radius 3 is 1.31 bits per heavy atom. The molecule has 0 aliphatic heterocycles. The van der Waals surface area contributed by atoms with E-state index in [0.717, 1.165) is 33.4 Å². The van der Waals surface area contributed by atoms with Crippen molar-refractivity contribution in [1.29, 1.82) is 0 Å². The van der Waals surface area contributed by atoms with Crippen LogP contribution < -0.4 is 4.74 Å². The molecule has 0 N–H and O–H groups in total. The molecule has 0 unspecified atom stereocenters. The van der Waals surface area contributed by atoms with E-state index in [1.54, 1.807) is 24.3 Å². The summed E-state index contributed by atoms with van der Waals surface area (Å²) in [6, 6.07) is 51.8. The largest absolute Gasteiger partial charge is 0.465 e. The van der Waals surface area contributed by atoms with Crippen LogP contribution >= 0.6 is 0 Å². The molecule has 0 atom stereocenters. The van der Waals surface area contributed by atoms with Gasteiger partial charge in [0, 0.05) is 0 Å². The first-order valence-electron chi connectivity index (χ1n) is 14.8. The fourth-order valence-corrected chi connectivity index (χ4v) is 5.83. The third kappa shape index (κ3) is 5.91. The molecule has 6 aromatic rings. The molecule has 0 bridgehead atoms. The number of esters is 2. The first-order chi connectivity index (χ1) is 22.0. The smallest absolute Gasteiger partial charge is 0.343 e. The maximum Gasteiger partial charge on any atom is 0.343 e. The normalized spacial score (nSPS) is 11.1. The van der Waals surface area contributed by atoms with Gasteiger partial charge in [0.15, 0.2) is 0 Å². The van der Waals surface area contributed by atoms with Crippen LogP contribution in [0.1, 0.15) is 48.5 Å². The van der Waals surface area contributed by atoms with Crippen molar-refractivity contribution in [2.75, 3.05) is 7.11 Å². The van der Waals surface area contributed by atoms with Crippen molar-refractivity contribution in [3.05, 3.63) is 197 Å². The van der Waals surface area contributed by atoms with Crippen molar-refractivity contribution in [2.45, 2.75) is 12.3 Å². The van der Waals surface area contributed by atoms with Crippen molar-refractivity contribution < 1.29 is 19.1 Å². The van der Waals surface area contributed by atoms with Crippen LogP contribution in [0.25, 0.3) is 11.1 Å².